The Bertz CT molecular complexity index is 964. The Morgan fingerprint density at radius 1 is 1.28 bits per heavy atom. The van der Waals surface area contributed by atoms with E-state index in [0.717, 1.165) is 43.2 Å². The van der Waals surface area contributed by atoms with Crippen LogP contribution in [0.4, 0.5) is 5.69 Å². The molecule has 0 radical (unpaired) electrons. The molecular formula is C21H24N4O3S. The summed E-state index contributed by atoms with van der Waals surface area (Å²) in [4.78, 5) is 32.6. The fraction of sp³-hybridized carbons (Fsp3) is 0.476. The average molecular weight is 413 g/mol. The van der Waals surface area contributed by atoms with Crippen LogP contribution in [0.2, 0.25) is 0 Å². The number of amides is 2. The summed E-state index contributed by atoms with van der Waals surface area (Å²) < 4.78 is 5.76. The predicted molar refractivity (Wildman–Crippen MR) is 113 cm³/mol. The highest BCUT2D eigenvalue weighted by Crippen LogP contribution is 2.34. The Morgan fingerprint density at radius 3 is 2.90 bits per heavy atom. The number of carbonyl (C=O) groups excluding carboxylic acids is 2. The number of nitrogens with zero attached hydrogens (tertiary/aromatic N) is 2. The summed E-state index contributed by atoms with van der Waals surface area (Å²) in [5, 5.41) is 4.57. The first kappa shape index (κ1) is 18.6. The third-order valence-corrected chi connectivity index (χ3v) is 6.34. The zero-order valence-electron chi connectivity index (χ0n) is 16.1. The summed E-state index contributed by atoms with van der Waals surface area (Å²) in [5.41, 5.74) is 1.67. The van der Waals surface area contributed by atoms with Gasteiger partial charge in [-0.25, -0.2) is 0 Å². The first-order chi connectivity index (χ1) is 14.1. The molecule has 29 heavy (non-hydrogen) atoms. The van der Waals surface area contributed by atoms with Crippen molar-refractivity contribution in [1.29, 1.82) is 0 Å². The van der Waals surface area contributed by atoms with Crippen LogP contribution in [-0.4, -0.2) is 63.0 Å². The number of aromatic amines is 1. The van der Waals surface area contributed by atoms with Crippen LogP contribution in [-0.2, 0) is 14.3 Å². The fourth-order valence-electron chi connectivity index (χ4n) is 4.25. The molecule has 2 N–H and O–H groups in total. The quantitative estimate of drug-likeness (QED) is 0.714. The van der Waals surface area contributed by atoms with Gasteiger partial charge in [0.15, 0.2) is 5.11 Å². The van der Waals surface area contributed by atoms with Crippen molar-refractivity contribution >= 4 is 45.7 Å². The minimum Gasteiger partial charge on any atom is -0.376 e. The van der Waals surface area contributed by atoms with E-state index in [4.69, 9.17) is 17.0 Å². The van der Waals surface area contributed by atoms with E-state index >= 15 is 0 Å². The molecule has 1 aromatic carbocycles. The second-order valence-corrected chi connectivity index (χ2v) is 8.42. The van der Waals surface area contributed by atoms with Crippen LogP contribution in [0.3, 0.4) is 0 Å². The van der Waals surface area contributed by atoms with Crippen LogP contribution in [0, 0.1) is 0 Å². The number of carbonyl (C=O) groups is 2. The van der Waals surface area contributed by atoms with Gasteiger partial charge in [-0.15, -0.1) is 0 Å². The van der Waals surface area contributed by atoms with Gasteiger partial charge >= 0.3 is 0 Å². The largest absolute Gasteiger partial charge is 0.376 e. The van der Waals surface area contributed by atoms with Crippen LogP contribution >= 0.6 is 12.2 Å². The number of benzene rings is 1. The Balaban J connectivity index is 1.31. The van der Waals surface area contributed by atoms with Crippen molar-refractivity contribution in [2.75, 3.05) is 18.5 Å². The third-order valence-electron chi connectivity index (χ3n) is 5.90. The maximum Gasteiger partial charge on any atom is 0.252 e. The van der Waals surface area contributed by atoms with E-state index < -0.39 is 6.04 Å². The molecule has 2 atom stereocenters. The number of aromatic nitrogens is 1. The van der Waals surface area contributed by atoms with Gasteiger partial charge in [0.05, 0.1) is 12.5 Å². The van der Waals surface area contributed by atoms with Gasteiger partial charge in [-0.2, -0.15) is 0 Å². The minimum absolute atomic E-state index is 0.0505. The van der Waals surface area contributed by atoms with E-state index in [-0.39, 0.29) is 30.4 Å². The summed E-state index contributed by atoms with van der Waals surface area (Å²) in [7, 11) is 0. The van der Waals surface area contributed by atoms with E-state index in [1.165, 1.54) is 0 Å². The molecule has 8 heteroatoms. The smallest absolute Gasteiger partial charge is 0.252 e. The monoisotopic (exact) mass is 412 g/mol. The molecule has 3 fully saturated rings. The molecule has 152 valence electrons. The molecule has 1 aliphatic carbocycles. The van der Waals surface area contributed by atoms with Crippen molar-refractivity contribution in [3.8, 4) is 0 Å². The normalized spacial score (nSPS) is 24.7. The number of fused-ring (bicyclic) bond motifs is 1. The topological polar surface area (TPSA) is 77.7 Å². The molecule has 2 aliphatic heterocycles. The van der Waals surface area contributed by atoms with Crippen molar-refractivity contribution in [1.82, 2.24) is 14.8 Å². The maximum absolute atomic E-state index is 13.1. The van der Waals surface area contributed by atoms with Crippen molar-refractivity contribution < 1.29 is 14.3 Å². The van der Waals surface area contributed by atoms with Gasteiger partial charge in [0.1, 0.15) is 6.04 Å². The van der Waals surface area contributed by atoms with E-state index in [1.807, 2.05) is 35.4 Å². The Hall–Kier alpha value is -2.45. The molecule has 2 amide bonds. The highest BCUT2D eigenvalue weighted by Gasteiger charge is 2.49. The molecule has 1 saturated carbocycles. The molecule has 3 aliphatic rings. The van der Waals surface area contributed by atoms with Crippen molar-refractivity contribution in [3.05, 3.63) is 30.5 Å². The molecule has 5 rings (SSSR count). The second-order valence-electron chi connectivity index (χ2n) is 8.06. The number of rotatable bonds is 6. The lowest BCUT2D eigenvalue weighted by Gasteiger charge is -2.26. The van der Waals surface area contributed by atoms with E-state index in [0.29, 0.717) is 17.3 Å². The average Bonchev–Trinajstić information content (AvgIpc) is 3.12. The summed E-state index contributed by atoms with van der Waals surface area (Å²) in [6, 6.07) is 7.35. The number of hydrogen-bond acceptors (Lipinski definition) is 4. The highest BCUT2D eigenvalue weighted by atomic mass is 32.1. The molecule has 0 spiro atoms. The summed E-state index contributed by atoms with van der Waals surface area (Å²) in [6.45, 7) is 1.32. The SMILES string of the molecule is O=C(CC1C(=O)N(C2CC2)C(=S)N1CC1CCCO1)Nc1ccc2cc[nH]c2c1. The molecule has 1 aromatic heterocycles. The first-order valence-electron chi connectivity index (χ1n) is 10.2. The molecule has 2 saturated heterocycles. The molecule has 7 nitrogen and oxygen atoms in total. The highest BCUT2D eigenvalue weighted by molar-refractivity contribution is 7.80. The Labute approximate surface area is 174 Å². The summed E-state index contributed by atoms with van der Waals surface area (Å²) >= 11 is 5.63. The van der Waals surface area contributed by atoms with Gasteiger partial charge in [0, 0.05) is 36.6 Å². The number of ether oxygens (including phenoxy) is 1. The van der Waals surface area contributed by atoms with E-state index in [1.54, 1.807) is 4.90 Å². The number of nitrogens with one attached hydrogen (secondary N) is 2. The first-order valence-corrected chi connectivity index (χ1v) is 10.6. The van der Waals surface area contributed by atoms with Crippen LogP contribution in [0.15, 0.2) is 30.5 Å². The van der Waals surface area contributed by atoms with Gasteiger partial charge < -0.3 is 19.9 Å². The van der Waals surface area contributed by atoms with Gasteiger partial charge in [0.25, 0.3) is 5.91 Å². The maximum atomic E-state index is 13.1. The van der Waals surface area contributed by atoms with E-state index in [9.17, 15) is 9.59 Å². The Morgan fingerprint density at radius 2 is 2.14 bits per heavy atom. The van der Waals surface area contributed by atoms with Gasteiger partial charge in [0.2, 0.25) is 5.91 Å². The minimum atomic E-state index is -0.554. The molecular weight excluding hydrogens is 388 g/mol. The lowest BCUT2D eigenvalue weighted by Crippen LogP contribution is -2.42. The lowest BCUT2D eigenvalue weighted by molar-refractivity contribution is -0.131. The van der Waals surface area contributed by atoms with Crippen LogP contribution < -0.4 is 5.32 Å². The van der Waals surface area contributed by atoms with Crippen molar-refractivity contribution in [3.63, 3.8) is 0 Å². The number of anilines is 1. The number of thiocarbonyl (C=S) groups is 1. The van der Waals surface area contributed by atoms with Crippen LogP contribution in [0.25, 0.3) is 10.9 Å². The molecule has 2 aromatic rings. The standard InChI is InChI=1S/C21H24N4O3S/c26-19(23-14-4-3-13-7-8-22-17(13)10-14)11-18-20(27)25(15-5-6-15)21(29)24(18)12-16-2-1-9-28-16/h3-4,7-8,10,15-16,18,22H,1-2,5-6,9,11-12H2,(H,23,26). The van der Waals surface area contributed by atoms with Crippen LogP contribution in [0.1, 0.15) is 32.1 Å². The van der Waals surface area contributed by atoms with Gasteiger partial charge in [-0.05, 0) is 61.5 Å². The third kappa shape index (κ3) is 3.62. The zero-order chi connectivity index (χ0) is 20.0. The molecule has 0 bridgehead atoms. The lowest BCUT2D eigenvalue weighted by atomic mass is 10.1. The fourth-order valence-corrected chi connectivity index (χ4v) is 4.69. The van der Waals surface area contributed by atoms with Crippen molar-refractivity contribution in [2.45, 2.75) is 50.3 Å². The number of hydrogen-bond donors (Lipinski definition) is 2. The van der Waals surface area contributed by atoms with Crippen LogP contribution in [0.5, 0.6) is 0 Å². The second kappa shape index (κ2) is 7.42. The molecule has 2 unspecified atom stereocenters. The number of H-pyrrole nitrogens is 1. The van der Waals surface area contributed by atoms with Crippen molar-refractivity contribution in [2.24, 2.45) is 0 Å². The summed E-state index contributed by atoms with van der Waals surface area (Å²) in [6.07, 6.45) is 5.97. The Kier molecular flexibility index (Phi) is 4.75. The van der Waals surface area contributed by atoms with Gasteiger partial charge in [-0.1, -0.05) is 6.07 Å². The molecule has 3 heterocycles. The zero-order valence-corrected chi connectivity index (χ0v) is 16.9. The van der Waals surface area contributed by atoms with Gasteiger partial charge in [-0.3, -0.25) is 14.5 Å². The summed E-state index contributed by atoms with van der Waals surface area (Å²) in [5.74, 6) is -0.238. The van der Waals surface area contributed by atoms with E-state index in [2.05, 4.69) is 10.3 Å². The predicted octanol–water partition coefficient (Wildman–Crippen LogP) is 2.64.